The number of rotatable bonds is 7. The van der Waals surface area contributed by atoms with E-state index in [1.165, 1.54) is 0 Å². The van der Waals surface area contributed by atoms with Gasteiger partial charge in [-0.1, -0.05) is 13.3 Å². The Labute approximate surface area is 108 Å². The summed E-state index contributed by atoms with van der Waals surface area (Å²) in [7, 11) is 3.45. The highest BCUT2D eigenvalue weighted by Crippen LogP contribution is 2.06. The van der Waals surface area contributed by atoms with E-state index in [0.29, 0.717) is 12.3 Å². The highest BCUT2D eigenvalue weighted by Gasteiger charge is 2.13. The van der Waals surface area contributed by atoms with Crippen LogP contribution in [0.15, 0.2) is 18.3 Å². The second-order valence-corrected chi connectivity index (χ2v) is 4.10. The second-order valence-electron chi connectivity index (χ2n) is 4.10. The molecule has 0 radical (unpaired) electrons. The van der Waals surface area contributed by atoms with Gasteiger partial charge in [-0.3, -0.25) is 4.79 Å². The van der Waals surface area contributed by atoms with Crippen molar-refractivity contribution in [3.05, 3.63) is 24.0 Å². The van der Waals surface area contributed by atoms with Crippen molar-refractivity contribution in [3.8, 4) is 0 Å². The molecule has 2 N–H and O–H groups in total. The number of pyridine rings is 1. The van der Waals surface area contributed by atoms with Crippen LogP contribution >= 0.6 is 0 Å². The quantitative estimate of drug-likeness (QED) is 0.773. The van der Waals surface area contributed by atoms with Gasteiger partial charge >= 0.3 is 0 Å². The van der Waals surface area contributed by atoms with Gasteiger partial charge in [-0.15, -0.1) is 0 Å². The zero-order valence-electron chi connectivity index (χ0n) is 11.2. The third-order valence-corrected chi connectivity index (χ3v) is 2.63. The van der Waals surface area contributed by atoms with Crippen molar-refractivity contribution in [1.82, 2.24) is 10.3 Å². The fourth-order valence-corrected chi connectivity index (χ4v) is 1.68. The van der Waals surface area contributed by atoms with Gasteiger partial charge in [-0.05, 0) is 18.6 Å². The Bertz CT molecular complexity index is 359. The van der Waals surface area contributed by atoms with Gasteiger partial charge in [0.15, 0.2) is 0 Å². The van der Waals surface area contributed by atoms with Gasteiger partial charge in [0.25, 0.3) is 5.91 Å². The molecule has 0 saturated heterocycles. The van der Waals surface area contributed by atoms with Crippen LogP contribution in [0.25, 0.3) is 0 Å². The molecule has 0 saturated carbocycles. The molecule has 5 nitrogen and oxygen atoms in total. The summed E-state index contributed by atoms with van der Waals surface area (Å²) in [4.78, 5) is 16.1. The van der Waals surface area contributed by atoms with Crippen LogP contribution in [-0.4, -0.2) is 37.7 Å². The molecular formula is C13H21N3O2. The van der Waals surface area contributed by atoms with E-state index in [1.807, 2.05) is 13.1 Å². The Hall–Kier alpha value is -1.62. The normalized spacial score (nSPS) is 11.9. The van der Waals surface area contributed by atoms with E-state index in [4.69, 9.17) is 4.74 Å². The Morgan fingerprint density at radius 3 is 2.78 bits per heavy atom. The smallest absolute Gasteiger partial charge is 0.270 e. The standard InChI is InChI=1S/C13H21N3O2/c1-4-5-11(9-18-3)16-13(17)12-7-6-10(14-2)8-15-12/h6-8,11,14H,4-5,9H2,1-3H3,(H,16,17). The topological polar surface area (TPSA) is 63.2 Å². The number of hydrogen-bond acceptors (Lipinski definition) is 4. The zero-order chi connectivity index (χ0) is 13.4. The summed E-state index contributed by atoms with van der Waals surface area (Å²) in [6, 6.07) is 3.57. The lowest BCUT2D eigenvalue weighted by Gasteiger charge is -2.16. The predicted molar refractivity (Wildman–Crippen MR) is 71.8 cm³/mol. The molecule has 100 valence electrons. The van der Waals surface area contributed by atoms with E-state index in [2.05, 4.69) is 22.5 Å². The number of aromatic nitrogens is 1. The summed E-state index contributed by atoms with van der Waals surface area (Å²) in [6.07, 6.45) is 3.54. The van der Waals surface area contributed by atoms with E-state index >= 15 is 0 Å². The van der Waals surface area contributed by atoms with Crippen molar-refractivity contribution >= 4 is 11.6 Å². The third-order valence-electron chi connectivity index (χ3n) is 2.63. The van der Waals surface area contributed by atoms with Gasteiger partial charge in [-0.25, -0.2) is 4.98 Å². The van der Waals surface area contributed by atoms with E-state index in [-0.39, 0.29) is 11.9 Å². The summed E-state index contributed by atoms with van der Waals surface area (Å²) < 4.78 is 5.08. The monoisotopic (exact) mass is 251 g/mol. The molecule has 1 aromatic rings. The van der Waals surface area contributed by atoms with E-state index in [1.54, 1.807) is 19.4 Å². The van der Waals surface area contributed by atoms with Gasteiger partial charge in [0.1, 0.15) is 5.69 Å². The van der Waals surface area contributed by atoms with Gasteiger partial charge in [0, 0.05) is 14.2 Å². The largest absolute Gasteiger partial charge is 0.387 e. The summed E-state index contributed by atoms with van der Waals surface area (Å²) >= 11 is 0. The molecule has 0 bridgehead atoms. The average molecular weight is 251 g/mol. The summed E-state index contributed by atoms with van der Waals surface area (Å²) in [5.41, 5.74) is 1.31. The summed E-state index contributed by atoms with van der Waals surface area (Å²) in [5.74, 6) is -0.159. The lowest BCUT2D eigenvalue weighted by Crippen LogP contribution is -2.38. The van der Waals surface area contributed by atoms with Crippen LogP contribution in [-0.2, 0) is 4.74 Å². The van der Waals surface area contributed by atoms with E-state index in [9.17, 15) is 4.79 Å². The number of nitrogens with one attached hydrogen (secondary N) is 2. The van der Waals surface area contributed by atoms with Crippen molar-refractivity contribution in [1.29, 1.82) is 0 Å². The number of hydrogen-bond donors (Lipinski definition) is 2. The van der Waals surface area contributed by atoms with E-state index in [0.717, 1.165) is 18.5 Å². The highest BCUT2D eigenvalue weighted by molar-refractivity contribution is 5.92. The minimum atomic E-state index is -0.159. The van der Waals surface area contributed by atoms with Crippen LogP contribution in [0.4, 0.5) is 5.69 Å². The molecule has 1 amide bonds. The maximum absolute atomic E-state index is 12.0. The van der Waals surface area contributed by atoms with Gasteiger partial charge in [0.2, 0.25) is 0 Å². The number of carbonyl (C=O) groups is 1. The molecule has 1 rings (SSSR count). The molecule has 5 heteroatoms. The Morgan fingerprint density at radius 2 is 2.28 bits per heavy atom. The van der Waals surface area contributed by atoms with Crippen LogP contribution in [0, 0.1) is 0 Å². The Kier molecular flexibility index (Phi) is 6.14. The Balaban J connectivity index is 2.61. The maximum atomic E-state index is 12.0. The first-order valence-corrected chi connectivity index (χ1v) is 6.14. The second kappa shape index (κ2) is 7.66. The number of nitrogens with zero attached hydrogens (tertiary/aromatic N) is 1. The molecular weight excluding hydrogens is 230 g/mol. The Morgan fingerprint density at radius 1 is 1.50 bits per heavy atom. The minimum Gasteiger partial charge on any atom is -0.387 e. The predicted octanol–water partition coefficient (Wildman–Crippen LogP) is 1.67. The lowest BCUT2D eigenvalue weighted by atomic mass is 10.1. The van der Waals surface area contributed by atoms with Gasteiger partial charge in [-0.2, -0.15) is 0 Å². The molecule has 1 heterocycles. The number of carbonyl (C=O) groups excluding carboxylic acids is 1. The molecule has 1 aromatic heterocycles. The maximum Gasteiger partial charge on any atom is 0.270 e. The fraction of sp³-hybridized carbons (Fsp3) is 0.538. The van der Waals surface area contributed by atoms with Crippen LogP contribution < -0.4 is 10.6 Å². The van der Waals surface area contributed by atoms with Crippen LogP contribution in [0.5, 0.6) is 0 Å². The SMILES string of the molecule is CCCC(COC)NC(=O)c1ccc(NC)cn1. The first-order chi connectivity index (χ1) is 8.71. The summed E-state index contributed by atoms with van der Waals surface area (Å²) in [6.45, 7) is 2.60. The molecule has 0 aliphatic rings. The molecule has 0 aliphatic carbocycles. The molecule has 0 aliphatic heterocycles. The molecule has 18 heavy (non-hydrogen) atoms. The van der Waals surface area contributed by atoms with Crippen molar-refractivity contribution in [2.24, 2.45) is 0 Å². The lowest BCUT2D eigenvalue weighted by molar-refractivity contribution is 0.0886. The van der Waals surface area contributed by atoms with Crippen molar-refractivity contribution in [3.63, 3.8) is 0 Å². The van der Waals surface area contributed by atoms with Crippen LogP contribution in [0.2, 0.25) is 0 Å². The zero-order valence-corrected chi connectivity index (χ0v) is 11.2. The van der Waals surface area contributed by atoms with E-state index < -0.39 is 0 Å². The minimum absolute atomic E-state index is 0.0401. The number of methoxy groups -OCH3 is 1. The van der Waals surface area contributed by atoms with Crippen LogP contribution in [0.1, 0.15) is 30.3 Å². The number of amides is 1. The molecule has 0 fully saturated rings. The molecule has 0 aromatic carbocycles. The third kappa shape index (κ3) is 4.33. The molecule has 1 unspecified atom stereocenters. The molecule has 0 spiro atoms. The summed E-state index contributed by atoms with van der Waals surface area (Å²) in [5, 5.41) is 5.89. The first-order valence-electron chi connectivity index (χ1n) is 6.14. The van der Waals surface area contributed by atoms with Gasteiger partial charge in [0.05, 0.1) is 24.5 Å². The van der Waals surface area contributed by atoms with Crippen molar-refractivity contribution < 1.29 is 9.53 Å². The molecule has 1 atom stereocenters. The number of ether oxygens (including phenoxy) is 1. The highest BCUT2D eigenvalue weighted by atomic mass is 16.5. The van der Waals surface area contributed by atoms with Gasteiger partial charge < -0.3 is 15.4 Å². The van der Waals surface area contributed by atoms with Crippen molar-refractivity contribution in [2.75, 3.05) is 26.1 Å². The number of anilines is 1. The van der Waals surface area contributed by atoms with Crippen molar-refractivity contribution in [2.45, 2.75) is 25.8 Å². The first kappa shape index (κ1) is 14.4. The van der Waals surface area contributed by atoms with Crippen LogP contribution in [0.3, 0.4) is 0 Å². The fourth-order valence-electron chi connectivity index (χ4n) is 1.68. The average Bonchev–Trinajstić information content (AvgIpc) is 2.39.